The Balaban J connectivity index is 1.97. The van der Waals surface area contributed by atoms with E-state index in [9.17, 15) is 5.11 Å². The highest BCUT2D eigenvalue weighted by Crippen LogP contribution is 2.61. The van der Waals surface area contributed by atoms with Gasteiger partial charge in [-0.1, -0.05) is 26.3 Å². The monoisotopic (exact) mass is 450 g/mol. The maximum atomic E-state index is 11.0. The second-order valence-corrected chi connectivity index (χ2v) is 16.0. The zero-order valence-electron chi connectivity index (χ0n) is 15.5. The smallest absolute Gasteiger partial charge is 0.192 e. The summed E-state index contributed by atoms with van der Waals surface area (Å²) < 4.78 is 12.8. The van der Waals surface area contributed by atoms with Crippen LogP contribution < -0.4 is 0 Å². The number of allylic oxidation sites excluding steroid dienone is 1. The molecule has 1 N–H and O–H groups in total. The molecule has 2 fully saturated rings. The van der Waals surface area contributed by atoms with Gasteiger partial charge in [-0.15, -0.1) is 0 Å². The van der Waals surface area contributed by atoms with Crippen molar-refractivity contribution in [3.8, 4) is 0 Å². The summed E-state index contributed by atoms with van der Waals surface area (Å²) in [5.74, 6) is 0.303. The Bertz CT molecular complexity index is 553. The summed E-state index contributed by atoms with van der Waals surface area (Å²) >= 11 is 2.33. The zero-order chi connectivity index (χ0) is 17.4. The van der Waals surface area contributed by atoms with E-state index in [1.807, 2.05) is 0 Å². The highest BCUT2D eigenvalue weighted by molar-refractivity contribution is 14.1. The van der Waals surface area contributed by atoms with Crippen molar-refractivity contribution in [1.29, 1.82) is 0 Å². The first-order chi connectivity index (χ1) is 10.3. The van der Waals surface area contributed by atoms with Crippen LogP contribution in [0.4, 0.5) is 0 Å². The van der Waals surface area contributed by atoms with Gasteiger partial charge in [-0.25, -0.2) is 0 Å². The number of aliphatic hydroxyl groups is 1. The van der Waals surface area contributed by atoms with Crippen LogP contribution in [0.1, 0.15) is 53.9 Å². The summed E-state index contributed by atoms with van der Waals surface area (Å²) in [5, 5.41) is 11.1. The van der Waals surface area contributed by atoms with Crippen LogP contribution in [-0.4, -0.2) is 34.8 Å². The summed E-state index contributed by atoms with van der Waals surface area (Å²) in [5.41, 5.74) is 2.31. The van der Waals surface area contributed by atoms with E-state index in [1.54, 1.807) is 0 Å². The molecule has 0 spiro atoms. The van der Waals surface area contributed by atoms with Gasteiger partial charge < -0.3 is 14.3 Å². The molecule has 2 heterocycles. The molecule has 23 heavy (non-hydrogen) atoms. The quantitative estimate of drug-likeness (QED) is 0.285. The van der Waals surface area contributed by atoms with Crippen molar-refractivity contribution in [2.75, 3.05) is 0 Å². The molecule has 132 valence electrons. The van der Waals surface area contributed by atoms with Crippen molar-refractivity contribution < 1.29 is 14.3 Å². The molecular formula is C18H31IO3Si. The molecule has 2 saturated heterocycles. The third kappa shape index (κ3) is 2.60. The van der Waals surface area contributed by atoms with Crippen LogP contribution in [0.25, 0.3) is 0 Å². The number of alkyl halides is 1. The van der Waals surface area contributed by atoms with Gasteiger partial charge in [0.25, 0.3) is 0 Å². The molecule has 0 amide bonds. The van der Waals surface area contributed by atoms with Crippen LogP contribution in [-0.2, 0) is 9.16 Å². The minimum absolute atomic E-state index is 0.0725. The van der Waals surface area contributed by atoms with Gasteiger partial charge in [0, 0.05) is 12.3 Å². The first kappa shape index (κ1) is 18.4. The number of hydrogen-bond acceptors (Lipinski definition) is 3. The molecular weight excluding hydrogens is 419 g/mol. The topological polar surface area (TPSA) is 38.7 Å². The van der Waals surface area contributed by atoms with Crippen LogP contribution in [0, 0.1) is 5.92 Å². The standard InChI is InChI=1S/C18H31IO3Si/c1-11-8-9-12-14(11)15(20)18(19)10-13(17(12,5)22-18)21-23(6,7)16(2,3)4/h12-13,15,20H,8-10H2,1-7H3/t12-,13-,15+,17+,18+/m1/s1. The first-order valence-corrected chi connectivity index (χ1v) is 12.7. The van der Waals surface area contributed by atoms with E-state index < -0.39 is 18.0 Å². The van der Waals surface area contributed by atoms with Crippen LogP contribution in [0.15, 0.2) is 11.1 Å². The fourth-order valence-corrected chi connectivity index (χ4v) is 6.88. The number of aliphatic hydroxyl groups excluding tert-OH is 1. The third-order valence-corrected chi connectivity index (χ3v) is 12.5. The molecule has 1 aliphatic carbocycles. The summed E-state index contributed by atoms with van der Waals surface area (Å²) in [6.45, 7) is 15.9. The summed E-state index contributed by atoms with van der Waals surface area (Å²) in [6, 6.07) is 0. The van der Waals surface area contributed by atoms with Crippen molar-refractivity contribution in [3.63, 3.8) is 0 Å². The fourth-order valence-electron chi connectivity index (χ4n) is 4.29. The molecule has 2 aliphatic heterocycles. The van der Waals surface area contributed by atoms with E-state index in [2.05, 4.69) is 70.3 Å². The van der Waals surface area contributed by atoms with E-state index in [4.69, 9.17) is 9.16 Å². The molecule has 0 aromatic carbocycles. The normalized spacial score (nSPS) is 44.0. The molecule has 3 rings (SSSR count). The van der Waals surface area contributed by atoms with Gasteiger partial charge in [-0.3, -0.25) is 0 Å². The van der Waals surface area contributed by atoms with E-state index in [1.165, 1.54) is 11.1 Å². The number of fused-ring (bicyclic) bond motifs is 4. The van der Waals surface area contributed by atoms with Gasteiger partial charge in [-0.2, -0.15) is 0 Å². The lowest BCUT2D eigenvalue weighted by Crippen LogP contribution is -2.55. The molecule has 0 unspecified atom stereocenters. The Morgan fingerprint density at radius 2 is 1.96 bits per heavy atom. The summed E-state index contributed by atoms with van der Waals surface area (Å²) in [4.78, 5) is 0. The molecule has 3 nitrogen and oxygen atoms in total. The molecule has 3 aliphatic rings. The van der Waals surface area contributed by atoms with Crippen molar-refractivity contribution in [2.24, 2.45) is 5.92 Å². The van der Waals surface area contributed by atoms with Crippen LogP contribution in [0.3, 0.4) is 0 Å². The predicted octanol–water partition coefficient (Wildman–Crippen LogP) is 4.79. The Labute approximate surface area is 155 Å². The van der Waals surface area contributed by atoms with E-state index in [-0.39, 0.29) is 16.7 Å². The van der Waals surface area contributed by atoms with Gasteiger partial charge >= 0.3 is 0 Å². The SMILES string of the molecule is CC1=C2[C@@H](CC1)[C@]1(C)O[C@@](I)(C[C@H]1O[Si](C)(C)C(C)(C)C)[C@H]2O. The molecule has 0 aromatic heterocycles. The highest BCUT2D eigenvalue weighted by atomic mass is 127. The van der Waals surface area contributed by atoms with Crippen molar-refractivity contribution in [2.45, 2.75) is 93.4 Å². The number of hydrogen-bond donors (Lipinski definition) is 1. The molecule has 0 radical (unpaired) electrons. The minimum Gasteiger partial charge on any atom is -0.411 e. The maximum absolute atomic E-state index is 11.0. The molecule has 5 atom stereocenters. The Hall–Kier alpha value is 0.567. The molecule has 0 saturated carbocycles. The van der Waals surface area contributed by atoms with Crippen molar-refractivity contribution >= 4 is 30.9 Å². The average molecular weight is 450 g/mol. The third-order valence-electron chi connectivity index (χ3n) is 6.81. The molecule has 0 aromatic rings. The minimum atomic E-state index is -1.87. The van der Waals surface area contributed by atoms with Gasteiger partial charge in [-0.05, 0) is 73.0 Å². The summed E-state index contributed by atoms with van der Waals surface area (Å²) in [7, 11) is -1.87. The Morgan fingerprint density at radius 1 is 1.35 bits per heavy atom. The van der Waals surface area contributed by atoms with E-state index in [0.717, 1.165) is 19.3 Å². The maximum Gasteiger partial charge on any atom is 0.192 e. The lowest BCUT2D eigenvalue weighted by molar-refractivity contribution is -0.150. The summed E-state index contributed by atoms with van der Waals surface area (Å²) in [6.07, 6.45) is 2.53. The number of rotatable bonds is 2. The van der Waals surface area contributed by atoms with Crippen molar-refractivity contribution in [3.05, 3.63) is 11.1 Å². The van der Waals surface area contributed by atoms with E-state index >= 15 is 0 Å². The van der Waals surface area contributed by atoms with Crippen LogP contribution in [0.2, 0.25) is 18.1 Å². The largest absolute Gasteiger partial charge is 0.411 e. The van der Waals surface area contributed by atoms with Gasteiger partial charge in [0.15, 0.2) is 11.9 Å². The van der Waals surface area contributed by atoms with Crippen molar-refractivity contribution in [1.82, 2.24) is 0 Å². The number of ether oxygens (including phenoxy) is 1. The fraction of sp³-hybridized carbons (Fsp3) is 0.889. The van der Waals surface area contributed by atoms with Crippen LogP contribution >= 0.6 is 22.6 Å². The van der Waals surface area contributed by atoms with Gasteiger partial charge in [0.05, 0.1) is 11.7 Å². The highest BCUT2D eigenvalue weighted by Gasteiger charge is 2.67. The van der Waals surface area contributed by atoms with Gasteiger partial charge in [0.1, 0.15) is 6.10 Å². The second-order valence-electron chi connectivity index (χ2n) is 9.37. The second kappa shape index (κ2) is 5.28. The molecule has 5 heteroatoms. The lowest BCUT2D eigenvalue weighted by atomic mass is 9.79. The average Bonchev–Trinajstić information content (AvgIpc) is 2.86. The van der Waals surface area contributed by atoms with E-state index in [0.29, 0.717) is 5.92 Å². The van der Waals surface area contributed by atoms with Gasteiger partial charge in [0.2, 0.25) is 0 Å². The lowest BCUT2D eigenvalue weighted by Gasteiger charge is -2.47. The first-order valence-electron chi connectivity index (χ1n) is 8.76. The zero-order valence-corrected chi connectivity index (χ0v) is 18.7. The van der Waals surface area contributed by atoms with Crippen LogP contribution in [0.5, 0.6) is 0 Å². The Morgan fingerprint density at radius 3 is 2.52 bits per heavy atom. The number of halogens is 1. The predicted molar refractivity (Wildman–Crippen MR) is 104 cm³/mol. The Kier molecular flexibility index (Phi) is 4.22. The molecule has 2 bridgehead atoms.